The molecule has 1 saturated carbocycles. The zero-order valence-electron chi connectivity index (χ0n) is 14.2. The van der Waals surface area contributed by atoms with Gasteiger partial charge in [-0.3, -0.25) is 4.79 Å². The molecule has 1 N–H and O–H groups in total. The third-order valence-corrected chi connectivity index (χ3v) is 4.08. The van der Waals surface area contributed by atoms with Gasteiger partial charge in [0.05, 0.1) is 5.02 Å². The van der Waals surface area contributed by atoms with Gasteiger partial charge in [0, 0.05) is 29.3 Å². The van der Waals surface area contributed by atoms with Gasteiger partial charge >= 0.3 is 6.29 Å². The number of carbonyl (C=O) groups excluding carboxylic acids is 1. The van der Waals surface area contributed by atoms with Gasteiger partial charge in [0.15, 0.2) is 11.5 Å². The van der Waals surface area contributed by atoms with Crippen LogP contribution in [0.5, 0.6) is 11.5 Å². The molecular formula is C18H17ClF2N2O3. The van der Waals surface area contributed by atoms with E-state index in [1.54, 1.807) is 12.1 Å². The molecule has 1 aliphatic carbocycles. The molecule has 0 atom stereocenters. The lowest BCUT2D eigenvalue weighted by Gasteiger charge is -2.07. The molecule has 0 spiro atoms. The van der Waals surface area contributed by atoms with Gasteiger partial charge in [-0.05, 0) is 31.0 Å². The van der Waals surface area contributed by atoms with E-state index in [0.717, 1.165) is 12.8 Å². The summed E-state index contributed by atoms with van der Waals surface area (Å²) in [5.41, 5.74) is 1.08. The molecule has 138 valence electrons. The van der Waals surface area contributed by atoms with Gasteiger partial charge in [0.2, 0.25) is 5.91 Å². The Labute approximate surface area is 154 Å². The fourth-order valence-electron chi connectivity index (χ4n) is 2.39. The number of hydrogen-bond donors (Lipinski definition) is 1. The number of ether oxygens (including phenoxy) is 2. The molecule has 1 aromatic heterocycles. The van der Waals surface area contributed by atoms with Crippen molar-refractivity contribution in [1.29, 1.82) is 0 Å². The SMILES string of the molecule is CC.O=C(Nc1ccc(-c2cc3c(cc2Cl)OC(F)(F)O3)cn1)C1CC1. The molecular weight excluding hydrogens is 366 g/mol. The molecule has 26 heavy (non-hydrogen) atoms. The maximum Gasteiger partial charge on any atom is 0.586 e. The number of hydrogen-bond acceptors (Lipinski definition) is 4. The van der Waals surface area contributed by atoms with Crippen LogP contribution in [0.4, 0.5) is 14.6 Å². The maximum absolute atomic E-state index is 13.1. The number of fused-ring (bicyclic) bond motifs is 1. The number of anilines is 1. The first-order chi connectivity index (χ1) is 12.4. The molecule has 4 rings (SSSR count). The van der Waals surface area contributed by atoms with Crippen LogP contribution >= 0.6 is 11.6 Å². The van der Waals surface area contributed by atoms with E-state index in [4.69, 9.17) is 11.6 Å². The van der Waals surface area contributed by atoms with E-state index in [1.165, 1.54) is 18.3 Å². The van der Waals surface area contributed by atoms with Crippen LogP contribution in [0, 0.1) is 5.92 Å². The Bertz CT molecular complexity index is 824. The van der Waals surface area contributed by atoms with E-state index in [0.29, 0.717) is 16.9 Å². The first-order valence-electron chi connectivity index (χ1n) is 8.28. The van der Waals surface area contributed by atoms with Crippen molar-refractivity contribution in [3.05, 3.63) is 35.5 Å². The molecule has 0 bridgehead atoms. The zero-order valence-corrected chi connectivity index (χ0v) is 14.9. The van der Waals surface area contributed by atoms with Crippen molar-refractivity contribution in [2.24, 2.45) is 5.92 Å². The van der Waals surface area contributed by atoms with Gasteiger partial charge in [0.25, 0.3) is 0 Å². The van der Waals surface area contributed by atoms with Crippen molar-refractivity contribution in [3.63, 3.8) is 0 Å². The first-order valence-corrected chi connectivity index (χ1v) is 8.66. The van der Waals surface area contributed by atoms with Crippen LogP contribution in [0.2, 0.25) is 5.02 Å². The van der Waals surface area contributed by atoms with Crippen LogP contribution < -0.4 is 14.8 Å². The zero-order chi connectivity index (χ0) is 18.9. The standard InChI is InChI=1S/C16H11ClF2N2O3.C2H6/c17-11-6-13-12(23-16(18,19)24-13)5-10(11)9-3-4-14(20-7-9)21-15(22)8-1-2-8;1-2/h3-8H,1-2H2,(H,20,21,22);1-2H3. The average Bonchev–Trinajstić information content (AvgIpc) is 3.40. The van der Waals surface area contributed by atoms with Gasteiger partial charge in [-0.15, -0.1) is 8.78 Å². The molecule has 2 aliphatic rings. The minimum atomic E-state index is -3.69. The first kappa shape index (κ1) is 18.4. The van der Waals surface area contributed by atoms with Crippen LogP contribution in [0.1, 0.15) is 26.7 Å². The number of pyridine rings is 1. The number of carbonyl (C=O) groups is 1. The summed E-state index contributed by atoms with van der Waals surface area (Å²) in [6, 6.07) is 5.97. The third kappa shape index (κ3) is 3.88. The van der Waals surface area contributed by atoms with Gasteiger partial charge < -0.3 is 14.8 Å². The highest BCUT2D eigenvalue weighted by atomic mass is 35.5. The Kier molecular flexibility index (Phi) is 5.00. The van der Waals surface area contributed by atoms with Crippen LogP contribution in [-0.2, 0) is 4.79 Å². The topological polar surface area (TPSA) is 60.5 Å². The summed E-state index contributed by atoms with van der Waals surface area (Å²) in [6.45, 7) is 4.00. The summed E-state index contributed by atoms with van der Waals surface area (Å²) >= 11 is 6.13. The van der Waals surface area contributed by atoms with Crippen molar-refractivity contribution < 1.29 is 23.0 Å². The minimum Gasteiger partial charge on any atom is -0.395 e. The number of nitrogens with zero attached hydrogens (tertiary/aromatic N) is 1. The number of halogens is 3. The fourth-order valence-corrected chi connectivity index (χ4v) is 2.66. The van der Waals surface area contributed by atoms with Crippen LogP contribution in [0.25, 0.3) is 11.1 Å². The molecule has 1 fully saturated rings. The van der Waals surface area contributed by atoms with E-state index >= 15 is 0 Å². The third-order valence-electron chi connectivity index (χ3n) is 3.76. The molecule has 2 aromatic rings. The Morgan fingerprint density at radius 2 is 1.88 bits per heavy atom. The lowest BCUT2D eigenvalue weighted by molar-refractivity contribution is -0.286. The van der Waals surface area contributed by atoms with E-state index < -0.39 is 6.29 Å². The summed E-state index contributed by atoms with van der Waals surface area (Å²) in [6.07, 6.45) is -0.383. The van der Waals surface area contributed by atoms with Crippen LogP contribution in [0.15, 0.2) is 30.5 Å². The van der Waals surface area contributed by atoms with E-state index in [-0.39, 0.29) is 28.3 Å². The molecule has 0 unspecified atom stereocenters. The van der Waals surface area contributed by atoms with Crippen molar-refractivity contribution in [2.75, 3.05) is 5.32 Å². The van der Waals surface area contributed by atoms with Crippen molar-refractivity contribution >= 4 is 23.3 Å². The Balaban J connectivity index is 0.000000948. The van der Waals surface area contributed by atoms with Gasteiger partial charge in [-0.1, -0.05) is 25.4 Å². The average molecular weight is 383 g/mol. The Hall–Kier alpha value is -2.41. The molecule has 1 aliphatic heterocycles. The number of nitrogens with one attached hydrogen (secondary N) is 1. The predicted octanol–water partition coefficient (Wildman–Crippen LogP) is 5.10. The van der Waals surface area contributed by atoms with Gasteiger partial charge in [-0.25, -0.2) is 4.98 Å². The lowest BCUT2D eigenvalue weighted by Crippen LogP contribution is -2.25. The number of benzene rings is 1. The minimum absolute atomic E-state index is 0.0430. The lowest BCUT2D eigenvalue weighted by atomic mass is 10.1. The predicted molar refractivity (Wildman–Crippen MR) is 93.6 cm³/mol. The summed E-state index contributed by atoms with van der Waals surface area (Å²) in [5, 5.41) is 2.95. The highest BCUT2D eigenvalue weighted by Crippen LogP contribution is 2.46. The molecule has 0 radical (unpaired) electrons. The second kappa shape index (κ2) is 7.07. The highest BCUT2D eigenvalue weighted by Gasteiger charge is 2.43. The quantitative estimate of drug-likeness (QED) is 0.802. The normalized spacial score (nSPS) is 16.5. The number of rotatable bonds is 3. The summed E-state index contributed by atoms with van der Waals surface area (Å²) in [5.74, 6) is 0.259. The van der Waals surface area contributed by atoms with Crippen molar-refractivity contribution in [1.82, 2.24) is 4.98 Å². The van der Waals surface area contributed by atoms with Gasteiger partial charge in [0.1, 0.15) is 5.82 Å². The highest BCUT2D eigenvalue weighted by molar-refractivity contribution is 6.33. The largest absolute Gasteiger partial charge is 0.586 e. The maximum atomic E-state index is 13.1. The molecule has 5 nitrogen and oxygen atoms in total. The molecule has 1 aromatic carbocycles. The smallest absolute Gasteiger partial charge is 0.395 e. The number of amides is 1. The molecule has 2 heterocycles. The summed E-state index contributed by atoms with van der Waals surface area (Å²) in [4.78, 5) is 15.9. The second-order valence-corrected chi connectivity index (χ2v) is 6.05. The Morgan fingerprint density at radius 3 is 2.46 bits per heavy atom. The summed E-state index contributed by atoms with van der Waals surface area (Å²) < 4.78 is 35.0. The fraction of sp³-hybridized carbons (Fsp3) is 0.333. The molecule has 0 saturated heterocycles. The van der Waals surface area contributed by atoms with Crippen LogP contribution in [0.3, 0.4) is 0 Å². The van der Waals surface area contributed by atoms with Crippen molar-refractivity contribution in [2.45, 2.75) is 33.0 Å². The summed E-state index contributed by atoms with van der Waals surface area (Å²) in [7, 11) is 0. The molecule has 1 amide bonds. The number of aromatic nitrogens is 1. The second-order valence-electron chi connectivity index (χ2n) is 5.64. The monoisotopic (exact) mass is 382 g/mol. The van der Waals surface area contributed by atoms with E-state index in [1.807, 2.05) is 13.8 Å². The van der Waals surface area contributed by atoms with Crippen LogP contribution in [-0.4, -0.2) is 17.2 Å². The molecule has 8 heteroatoms. The number of alkyl halides is 2. The van der Waals surface area contributed by atoms with E-state index in [9.17, 15) is 13.6 Å². The van der Waals surface area contributed by atoms with Gasteiger partial charge in [-0.2, -0.15) is 0 Å². The van der Waals surface area contributed by atoms with Crippen molar-refractivity contribution in [3.8, 4) is 22.6 Å². The van der Waals surface area contributed by atoms with E-state index in [2.05, 4.69) is 19.8 Å². The Morgan fingerprint density at radius 1 is 1.23 bits per heavy atom.